The van der Waals surface area contributed by atoms with Gasteiger partial charge in [0.15, 0.2) is 6.29 Å². The Morgan fingerprint density at radius 2 is 1.96 bits per heavy atom. The molecule has 1 aromatic rings. The summed E-state index contributed by atoms with van der Waals surface area (Å²) in [6.45, 7) is 4.26. The standard InChI is InChI=1S/C17H16N2O4/c1-11-15(16(21)18-2)7-13(10-20)9-19(11)8-12-3-5-14(6-4-12)17(22)23/h3-7,9-10H,1,8H2,2H3,(H,18,21)(H,22,23). The lowest BCUT2D eigenvalue weighted by atomic mass is 10.0. The maximum Gasteiger partial charge on any atom is 0.335 e. The summed E-state index contributed by atoms with van der Waals surface area (Å²) in [5, 5.41) is 11.4. The van der Waals surface area contributed by atoms with Crippen molar-refractivity contribution in [3.8, 4) is 0 Å². The predicted molar refractivity (Wildman–Crippen MR) is 84.4 cm³/mol. The third kappa shape index (κ3) is 3.55. The Morgan fingerprint density at radius 3 is 2.48 bits per heavy atom. The molecule has 0 fully saturated rings. The first kappa shape index (κ1) is 16.2. The Morgan fingerprint density at radius 1 is 1.30 bits per heavy atom. The van der Waals surface area contributed by atoms with Crippen LogP contribution >= 0.6 is 0 Å². The second kappa shape index (κ2) is 6.74. The molecule has 6 heteroatoms. The van der Waals surface area contributed by atoms with E-state index >= 15 is 0 Å². The largest absolute Gasteiger partial charge is 0.478 e. The van der Waals surface area contributed by atoms with Crippen LogP contribution in [0.15, 0.2) is 60.0 Å². The number of amides is 1. The van der Waals surface area contributed by atoms with Gasteiger partial charge < -0.3 is 15.3 Å². The van der Waals surface area contributed by atoms with Gasteiger partial charge in [0.25, 0.3) is 5.91 Å². The van der Waals surface area contributed by atoms with Gasteiger partial charge in [0.1, 0.15) is 0 Å². The molecule has 118 valence electrons. The van der Waals surface area contributed by atoms with Crippen molar-refractivity contribution in [2.24, 2.45) is 0 Å². The zero-order chi connectivity index (χ0) is 17.0. The summed E-state index contributed by atoms with van der Waals surface area (Å²) in [5.41, 5.74) is 2.17. The molecule has 6 nitrogen and oxygen atoms in total. The number of hydrogen-bond donors (Lipinski definition) is 2. The molecule has 1 aromatic carbocycles. The number of nitrogens with zero attached hydrogens (tertiary/aromatic N) is 1. The van der Waals surface area contributed by atoms with Crippen LogP contribution in [0.25, 0.3) is 0 Å². The maximum absolute atomic E-state index is 11.9. The third-order valence-electron chi connectivity index (χ3n) is 3.44. The van der Waals surface area contributed by atoms with Gasteiger partial charge in [-0.25, -0.2) is 4.79 Å². The average Bonchev–Trinajstić information content (AvgIpc) is 2.56. The van der Waals surface area contributed by atoms with Crippen LogP contribution in [0.3, 0.4) is 0 Å². The van der Waals surface area contributed by atoms with Gasteiger partial charge in [0.05, 0.1) is 11.1 Å². The highest BCUT2D eigenvalue weighted by Crippen LogP contribution is 2.24. The van der Waals surface area contributed by atoms with Gasteiger partial charge in [0.2, 0.25) is 0 Å². The second-order valence-electron chi connectivity index (χ2n) is 4.96. The molecule has 0 saturated carbocycles. The van der Waals surface area contributed by atoms with E-state index in [1.165, 1.54) is 25.3 Å². The fourth-order valence-corrected chi connectivity index (χ4v) is 2.19. The SMILES string of the molecule is C=C1C(C(=O)NC)=CC(C=O)=CN1Cc1ccc(C(=O)O)cc1. The Bertz CT molecular complexity index is 729. The number of aldehydes is 1. The normalized spacial score (nSPS) is 14.0. The Labute approximate surface area is 133 Å². The van der Waals surface area contributed by atoms with E-state index in [0.717, 1.165) is 5.56 Å². The molecule has 0 spiro atoms. The second-order valence-corrected chi connectivity index (χ2v) is 4.96. The zero-order valence-corrected chi connectivity index (χ0v) is 12.6. The van der Waals surface area contributed by atoms with Gasteiger partial charge in [-0.3, -0.25) is 9.59 Å². The average molecular weight is 312 g/mol. The van der Waals surface area contributed by atoms with Crippen LogP contribution in [0, 0.1) is 0 Å². The minimum absolute atomic E-state index is 0.196. The number of benzene rings is 1. The molecule has 1 aliphatic heterocycles. The van der Waals surface area contributed by atoms with E-state index in [0.29, 0.717) is 29.7 Å². The number of carbonyl (C=O) groups is 3. The molecule has 1 aliphatic rings. The van der Waals surface area contributed by atoms with Crippen molar-refractivity contribution in [3.63, 3.8) is 0 Å². The summed E-state index contributed by atoms with van der Waals surface area (Å²) in [5.74, 6) is -1.32. The lowest BCUT2D eigenvalue weighted by Gasteiger charge is -2.28. The quantitative estimate of drug-likeness (QED) is 0.804. The van der Waals surface area contributed by atoms with Gasteiger partial charge in [-0.05, 0) is 23.8 Å². The molecule has 0 atom stereocenters. The van der Waals surface area contributed by atoms with E-state index in [1.807, 2.05) is 0 Å². The van der Waals surface area contributed by atoms with Gasteiger partial charge in [-0.2, -0.15) is 0 Å². The summed E-state index contributed by atoms with van der Waals surface area (Å²) in [7, 11) is 1.50. The van der Waals surface area contributed by atoms with Crippen molar-refractivity contribution in [1.82, 2.24) is 10.2 Å². The first-order chi connectivity index (χ1) is 11.0. The number of aromatic carboxylic acids is 1. The zero-order valence-electron chi connectivity index (χ0n) is 12.6. The predicted octanol–water partition coefficient (Wildman–Crippen LogP) is 1.47. The number of nitrogens with one attached hydrogen (secondary N) is 1. The van der Waals surface area contributed by atoms with Crippen LogP contribution in [0.5, 0.6) is 0 Å². The summed E-state index contributed by atoms with van der Waals surface area (Å²) in [6.07, 6.45) is 3.75. The van der Waals surface area contributed by atoms with Gasteiger partial charge >= 0.3 is 5.97 Å². The number of likely N-dealkylation sites (N-methyl/N-ethyl adjacent to an activating group) is 1. The Hall–Kier alpha value is -3.15. The number of carbonyl (C=O) groups excluding carboxylic acids is 2. The lowest BCUT2D eigenvalue weighted by Crippen LogP contribution is -2.29. The lowest BCUT2D eigenvalue weighted by molar-refractivity contribution is -0.116. The van der Waals surface area contributed by atoms with Gasteiger partial charge in [-0.1, -0.05) is 18.7 Å². The number of carboxylic acids is 1. The van der Waals surface area contributed by atoms with Crippen LogP contribution < -0.4 is 5.32 Å². The fraction of sp³-hybridized carbons (Fsp3) is 0.118. The highest BCUT2D eigenvalue weighted by Gasteiger charge is 2.21. The molecule has 2 rings (SSSR count). The van der Waals surface area contributed by atoms with Crippen molar-refractivity contribution in [1.29, 1.82) is 0 Å². The number of hydrogen-bond acceptors (Lipinski definition) is 4. The van der Waals surface area contributed by atoms with Crippen LogP contribution in [0.2, 0.25) is 0 Å². The molecule has 1 amide bonds. The number of rotatable bonds is 5. The van der Waals surface area contributed by atoms with E-state index in [2.05, 4.69) is 11.9 Å². The van der Waals surface area contributed by atoms with Gasteiger partial charge in [-0.15, -0.1) is 0 Å². The van der Waals surface area contributed by atoms with E-state index in [-0.39, 0.29) is 11.5 Å². The first-order valence-corrected chi connectivity index (χ1v) is 6.85. The van der Waals surface area contributed by atoms with Crippen molar-refractivity contribution < 1.29 is 19.5 Å². The molecule has 0 radical (unpaired) electrons. The first-order valence-electron chi connectivity index (χ1n) is 6.85. The molecule has 1 heterocycles. The van der Waals surface area contributed by atoms with Crippen LogP contribution in [0.4, 0.5) is 0 Å². The van der Waals surface area contributed by atoms with Crippen LogP contribution in [-0.4, -0.2) is 35.2 Å². The summed E-state index contributed by atoms with van der Waals surface area (Å²) in [6, 6.07) is 6.38. The fourth-order valence-electron chi connectivity index (χ4n) is 2.19. The van der Waals surface area contributed by atoms with E-state index in [1.54, 1.807) is 23.2 Å². The topological polar surface area (TPSA) is 86.7 Å². The van der Waals surface area contributed by atoms with E-state index in [9.17, 15) is 14.4 Å². The molecule has 0 unspecified atom stereocenters. The van der Waals surface area contributed by atoms with Crippen molar-refractivity contribution in [3.05, 3.63) is 71.1 Å². The van der Waals surface area contributed by atoms with Crippen molar-refractivity contribution in [2.75, 3.05) is 7.05 Å². The van der Waals surface area contributed by atoms with Crippen molar-refractivity contribution >= 4 is 18.2 Å². The van der Waals surface area contributed by atoms with Crippen LogP contribution in [0.1, 0.15) is 15.9 Å². The third-order valence-corrected chi connectivity index (χ3v) is 3.44. The molecule has 23 heavy (non-hydrogen) atoms. The minimum Gasteiger partial charge on any atom is -0.478 e. The molecule has 2 N–H and O–H groups in total. The van der Waals surface area contributed by atoms with Gasteiger partial charge in [0, 0.05) is 31.1 Å². The molecule has 0 aliphatic carbocycles. The molecular formula is C17H16N2O4. The minimum atomic E-state index is -0.994. The monoisotopic (exact) mass is 312 g/mol. The molecule has 0 aromatic heterocycles. The number of carboxylic acid groups (broad SMARTS) is 1. The highest BCUT2D eigenvalue weighted by atomic mass is 16.4. The maximum atomic E-state index is 11.9. The Balaban J connectivity index is 2.25. The molecule has 0 saturated heterocycles. The summed E-state index contributed by atoms with van der Waals surface area (Å²) >= 11 is 0. The summed E-state index contributed by atoms with van der Waals surface area (Å²) in [4.78, 5) is 35.5. The number of allylic oxidation sites excluding steroid dienone is 2. The van der Waals surface area contributed by atoms with Crippen LogP contribution in [-0.2, 0) is 16.1 Å². The highest BCUT2D eigenvalue weighted by molar-refractivity contribution is 6.00. The molecular weight excluding hydrogens is 296 g/mol. The smallest absolute Gasteiger partial charge is 0.335 e. The van der Waals surface area contributed by atoms with Crippen molar-refractivity contribution in [2.45, 2.75) is 6.54 Å². The Kier molecular flexibility index (Phi) is 4.75. The van der Waals surface area contributed by atoms with E-state index in [4.69, 9.17) is 5.11 Å². The molecule has 0 bridgehead atoms. The summed E-state index contributed by atoms with van der Waals surface area (Å²) < 4.78 is 0. The van der Waals surface area contributed by atoms with E-state index < -0.39 is 5.97 Å².